The molecule has 1 heterocycles. The van der Waals surface area contributed by atoms with Crippen LogP contribution in [0.25, 0.3) is 11.3 Å². The zero-order valence-electron chi connectivity index (χ0n) is 13.9. The van der Waals surface area contributed by atoms with E-state index in [1.165, 1.54) is 19.1 Å². The SMILES string of the molecule is CC(=O)Nc1ccc(Oc2ccc([N+](=O)[O-])c(-c3ccccc3)n2)cc1. The van der Waals surface area contributed by atoms with E-state index in [1.807, 2.05) is 6.07 Å². The Kier molecular flexibility index (Phi) is 4.89. The van der Waals surface area contributed by atoms with Crippen molar-refractivity contribution in [1.29, 1.82) is 0 Å². The van der Waals surface area contributed by atoms with E-state index in [2.05, 4.69) is 10.3 Å². The number of hydrogen-bond acceptors (Lipinski definition) is 5. The van der Waals surface area contributed by atoms with Gasteiger partial charge in [0, 0.05) is 30.3 Å². The summed E-state index contributed by atoms with van der Waals surface area (Å²) in [6.07, 6.45) is 0. The molecule has 0 radical (unpaired) electrons. The van der Waals surface area contributed by atoms with Crippen molar-refractivity contribution >= 4 is 17.3 Å². The third kappa shape index (κ3) is 4.02. The second-order valence-electron chi connectivity index (χ2n) is 5.45. The average molecular weight is 349 g/mol. The van der Waals surface area contributed by atoms with Crippen molar-refractivity contribution in [3.05, 3.63) is 76.8 Å². The highest BCUT2D eigenvalue weighted by atomic mass is 16.6. The number of hydrogen-bond donors (Lipinski definition) is 1. The first kappa shape index (κ1) is 17.1. The summed E-state index contributed by atoms with van der Waals surface area (Å²) in [6, 6.07) is 18.5. The van der Waals surface area contributed by atoms with Gasteiger partial charge in [-0.15, -0.1) is 0 Å². The number of nitro groups is 1. The number of rotatable bonds is 5. The van der Waals surface area contributed by atoms with Gasteiger partial charge < -0.3 is 10.1 Å². The average Bonchev–Trinajstić information content (AvgIpc) is 2.63. The maximum absolute atomic E-state index is 11.3. The molecular formula is C19H15N3O4. The van der Waals surface area contributed by atoms with Gasteiger partial charge in [-0.1, -0.05) is 30.3 Å². The van der Waals surface area contributed by atoms with E-state index in [1.54, 1.807) is 48.5 Å². The number of amides is 1. The number of pyridine rings is 1. The quantitative estimate of drug-likeness (QED) is 0.544. The van der Waals surface area contributed by atoms with Crippen molar-refractivity contribution in [1.82, 2.24) is 4.98 Å². The topological polar surface area (TPSA) is 94.4 Å². The largest absolute Gasteiger partial charge is 0.439 e. The Hall–Kier alpha value is -3.74. The molecule has 0 fully saturated rings. The molecule has 0 spiro atoms. The Morgan fingerprint density at radius 2 is 1.73 bits per heavy atom. The number of ether oxygens (including phenoxy) is 1. The minimum Gasteiger partial charge on any atom is -0.439 e. The van der Waals surface area contributed by atoms with Crippen LogP contribution in [0.4, 0.5) is 11.4 Å². The fourth-order valence-corrected chi connectivity index (χ4v) is 2.38. The molecule has 0 saturated heterocycles. The van der Waals surface area contributed by atoms with Gasteiger partial charge in [-0.25, -0.2) is 4.98 Å². The van der Waals surface area contributed by atoms with Gasteiger partial charge in [0.05, 0.1) is 4.92 Å². The predicted molar refractivity (Wildman–Crippen MR) is 97.1 cm³/mol. The Morgan fingerprint density at radius 1 is 1.04 bits per heavy atom. The number of carbonyl (C=O) groups is 1. The van der Waals surface area contributed by atoms with Crippen molar-refractivity contribution in [2.24, 2.45) is 0 Å². The van der Waals surface area contributed by atoms with Crippen molar-refractivity contribution in [2.75, 3.05) is 5.32 Å². The highest BCUT2D eigenvalue weighted by Gasteiger charge is 2.18. The lowest BCUT2D eigenvalue weighted by atomic mass is 10.1. The smallest absolute Gasteiger partial charge is 0.295 e. The molecule has 2 aromatic carbocycles. The van der Waals surface area contributed by atoms with Crippen molar-refractivity contribution < 1.29 is 14.5 Å². The third-order valence-electron chi connectivity index (χ3n) is 3.49. The number of nitrogens with one attached hydrogen (secondary N) is 1. The highest BCUT2D eigenvalue weighted by Crippen LogP contribution is 2.31. The van der Waals surface area contributed by atoms with E-state index < -0.39 is 4.92 Å². The number of aromatic nitrogens is 1. The summed E-state index contributed by atoms with van der Waals surface area (Å²) in [7, 11) is 0. The summed E-state index contributed by atoms with van der Waals surface area (Å²) in [5.74, 6) is 0.574. The summed E-state index contributed by atoms with van der Waals surface area (Å²) in [5.41, 5.74) is 1.42. The van der Waals surface area contributed by atoms with E-state index >= 15 is 0 Å². The second-order valence-corrected chi connectivity index (χ2v) is 5.45. The third-order valence-corrected chi connectivity index (χ3v) is 3.49. The Labute approximate surface area is 149 Å². The van der Waals surface area contributed by atoms with Gasteiger partial charge in [0.25, 0.3) is 5.69 Å². The zero-order valence-corrected chi connectivity index (χ0v) is 13.9. The van der Waals surface area contributed by atoms with Gasteiger partial charge in [-0.05, 0) is 24.3 Å². The van der Waals surface area contributed by atoms with Gasteiger partial charge in [-0.3, -0.25) is 14.9 Å². The van der Waals surface area contributed by atoms with Crippen LogP contribution in [-0.4, -0.2) is 15.8 Å². The van der Waals surface area contributed by atoms with Gasteiger partial charge >= 0.3 is 0 Å². The van der Waals surface area contributed by atoms with Crippen LogP contribution in [-0.2, 0) is 4.79 Å². The predicted octanol–water partition coefficient (Wildman–Crippen LogP) is 4.41. The normalized spacial score (nSPS) is 10.2. The van der Waals surface area contributed by atoms with Crippen molar-refractivity contribution in [2.45, 2.75) is 6.92 Å². The minimum atomic E-state index is -0.471. The minimum absolute atomic E-state index is 0.0930. The Bertz CT molecular complexity index is 941. The molecule has 0 aliphatic carbocycles. The molecule has 0 atom stereocenters. The number of anilines is 1. The molecule has 1 N–H and O–H groups in total. The lowest BCUT2D eigenvalue weighted by Gasteiger charge is -2.08. The molecule has 3 rings (SSSR count). The molecule has 0 aliphatic rings. The first-order chi connectivity index (χ1) is 12.5. The molecule has 1 aromatic heterocycles. The summed E-state index contributed by atoms with van der Waals surface area (Å²) in [6.45, 7) is 1.43. The van der Waals surface area contributed by atoms with E-state index in [-0.39, 0.29) is 23.2 Å². The molecule has 0 bridgehead atoms. The number of carbonyl (C=O) groups excluding carboxylic acids is 1. The zero-order chi connectivity index (χ0) is 18.5. The monoisotopic (exact) mass is 349 g/mol. The van der Waals surface area contributed by atoms with Crippen molar-refractivity contribution in [3.63, 3.8) is 0 Å². The van der Waals surface area contributed by atoms with E-state index in [0.29, 0.717) is 17.0 Å². The van der Waals surface area contributed by atoms with Crippen LogP contribution in [0.1, 0.15) is 6.92 Å². The van der Waals surface area contributed by atoms with E-state index in [4.69, 9.17) is 4.74 Å². The fraction of sp³-hybridized carbons (Fsp3) is 0.0526. The first-order valence-electron chi connectivity index (χ1n) is 7.79. The van der Waals surface area contributed by atoms with Crippen LogP contribution in [0.2, 0.25) is 0 Å². The molecular weight excluding hydrogens is 334 g/mol. The van der Waals surface area contributed by atoms with Gasteiger partial charge in [0.1, 0.15) is 5.75 Å². The van der Waals surface area contributed by atoms with Crippen LogP contribution >= 0.6 is 0 Å². The van der Waals surface area contributed by atoms with Crippen LogP contribution in [0.15, 0.2) is 66.7 Å². The highest BCUT2D eigenvalue weighted by molar-refractivity contribution is 5.88. The number of benzene rings is 2. The molecule has 26 heavy (non-hydrogen) atoms. The standard InChI is InChI=1S/C19H15N3O4/c1-13(23)20-15-7-9-16(10-8-15)26-18-12-11-17(22(24)25)19(21-18)14-5-3-2-4-6-14/h2-12H,1H3,(H,20,23). The molecule has 7 nitrogen and oxygen atoms in total. The number of nitrogens with zero attached hydrogens (tertiary/aromatic N) is 2. The van der Waals surface area contributed by atoms with E-state index in [9.17, 15) is 14.9 Å². The molecule has 130 valence electrons. The maximum atomic E-state index is 11.3. The summed E-state index contributed by atoms with van der Waals surface area (Å²) in [5, 5.41) is 13.9. The van der Waals surface area contributed by atoms with E-state index in [0.717, 1.165) is 0 Å². The van der Waals surface area contributed by atoms with Gasteiger partial charge in [-0.2, -0.15) is 0 Å². The molecule has 1 amide bonds. The first-order valence-corrected chi connectivity index (χ1v) is 7.79. The van der Waals surface area contributed by atoms with Gasteiger partial charge in [0.15, 0.2) is 5.69 Å². The Balaban J connectivity index is 1.89. The molecule has 0 aliphatic heterocycles. The van der Waals surface area contributed by atoms with Crippen LogP contribution in [0, 0.1) is 10.1 Å². The fourth-order valence-electron chi connectivity index (χ4n) is 2.38. The van der Waals surface area contributed by atoms with Crippen LogP contribution < -0.4 is 10.1 Å². The molecule has 7 heteroatoms. The summed E-state index contributed by atoms with van der Waals surface area (Å²) < 4.78 is 5.69. The second kappa shape index (κ2) is 7.43. The maximum Gasteiger partial charge on any atom is 0.295 e. The lowest BCUT2D eigenvalue weighted by Crippen LogP contribution is -2.05. The van der Waals surface area contributed by atoms with Crippen molar-refractivity contribution in [3.8, 4) is 22.9 Å². The molecule has 0 saturated carbocycles. The van der Waals surface area contributed by atoms with Crippen LogP contribution in [0.3, 0.4) is 0 Å². The Morgan fingerprint density at radius 3 is 2.35 bits per heavy atom. The summed E-state index contributed by atoms with van der Waals surface area (Å²) >= 11 is 0. The summed E-state index contributed by atoms with van der Waals surface area (Å²) in [4.78, 5) is 26.1. The van der Waals surface area contributed by atoms with Gasteiger partial charge in [0.2, 0.25) is 11.8 Å². The van der Waals surface area contributed by atoms with Crippen LogP contribution in [0.5, 0.6) is 11.6 Å². The lowest BCUT2D eigenvalue weighted by molar-refractivity contribution is -0.384. The molecule has 3 aromatic rings. The molecule has 0 unspecified atom stereocenters.